The predicted molar refractivity (Wildman–Crippen MR) is 134 cm³/mol. The Bertz CT molecular complexity index is 1190. The van der Waals surface area contributed by atoms with Crippen LogP contribution in [-0.4, -0.2) is 33.7 Å². The molecule has 0 radical (unpaired) electrons. The van der Waals surface area contributed by atoms with Gasteiger partial charge in [-0.1, -0.05) is 53.7 Å². The second kappa shape index (κ2) is 10.6. The first-order chi connectivity index (χ1) is 16.0. The molecule has 1 atom stereocenters. The van der Waals surface area contributed by atoms with Crippen LogP contribution in [0.4, 0.5) is 11.4 Å². The largest absolute Gasteiger partial charge is 0.457 e. The molecule has 0 saturated carbocycles. The van der Waals surface area contributed by atoms with E-state index in [1.165, 1.54) is 11.8 Å². The number of hydrogen-bond acceptors (Lipinski definition) is 5. The van der Waals surface area contributed by atoms with Gasteiger partial charge in [0.1, 0.15) is 16.7 Å². The average Bonchev–Trinajstić information content (AvgIpc) is 3.08. The minimum Gasteiger partial charge on any atom is -0.457 e. The molecule has 0 aromatic heterocycles. The number of aliphatic imine (C=N–C) groups is 1. The van der Waals surface area contributed by atoms with Gasteiger partial charge in [0.15, 0.2) is 5.17 Å². The topological polar surface area (TPSA) is 71.0 Å². The molecule has 6 nitrogen and oxygen atoms in total. The first-order valence-corrected chi connectivity index (χ1v) is 11.7. The fourth-order valence-electron chi connectivity index (χ4n) is 3.31. The van der Waals surface area contributed by atoms with E-state index in [1.807, 2.05) is 49.4 Å². The number of carbonyl (C=O) groups is 2. The monoisotopic (exact) mass is 479 g/mol. The number of nitrogens with one attached hydrogen (secondary N) is 1. The first kappa shape index (κ1) is 22.9. The number of carbonyl (C=O) groups excluding carboxylic acids is 2. The van der Waals surface area contributed by atoms with Crippen LogP contribution in [0, 0.1) is 0 Å². The van der Waals surface area contributed by atoms with Crippen molar-refractivity contribution in [3.8, 4) is 11.5 Å². The van der Waals surface area contributed by atoms with Gasteiger partial charge < -0.3 is 10.1 Å². The van der Waals surface area contributed by atoms with Gasteiger partial charge in [-0.25, -0.2) is 4.99 Å². The Labute approximate surface area is 201 Å². The van der Waals surface area contributed by atoms with Gasteiger partial charge in [-0.2, -0.15) is 0 Å². The Hall–Kier alpha value is -3.29. The Morgan fingerprint density at radius 2 is 1.82 bits per heavy atom. The minimum absolute atomic E-state index is 0.0400. The maximum Gasteiger partial charge on any atom is 0.242 e. The molecule has 168 valence electrons. The van der Waals surface area contributed by atoms with Gasteiger partial charge in [0.05, 0.1) is 5.69 Å². The molecule has 1 aliphatic rings. The number of anilines is 1. The fraction of sp³-hybridized carbons (Fsp3) is 0.160. The van der Waals surface area contributed by atoms with Gasteiger partial charge in [0.2, 0.25) is 11.8 Å². The SMILES string of the molecule is CCN1C(=O)C(CC(=O)Nc2cccc(Oc3ccccc3)c2)SC1=Nc1cccc(Cl)c1. The third kappa shape index (κ3) is 5.94. The van der Waals surface area contributed by atoms with Crippen LogP contribution >= 0.6 is 23.4 Å². The summed E-state index contributed by atoms with van der Waals surface area (Å²) < 4.78 is 5.82. The van der Waals surface area contributed by atoms with Crippen LogP contribution in [-0.2, 0) is 9.59 Å². The smallest absolute Gasteiger partial charge is 0.242 e. The molecular weight excluding hydrogens is 458 g/mol. The zero-order valence-electron chi connectivity index (χ0n) is 17.9. The first-order valence-electron chi connectivity index (χ1n) is 10.5. The molecule has 2 amide bonds. The van der Waals surface area contributed by atoms with Crippen LogP contribution in [0.25, 0.3) is 0 Å². The number of ether oxygens (including phenoxy) is 1. The Morgan fingerprint density at radius 3 is 2.58 bits per heavy atom. The molecule has 3 aromatic carbocycles. The number of amides is 2. The Morgan fingerprint density at radius 1 is 1.06 bits per heavy atom. The number of benzene rings is 3. The molecule has 3 aromatic rings. The summed E-state index contributed by atoms with van der Waals surface area (Å²) in [6.07, 6.45) is 0.0400. The lowest BCUT2D eigenvalue weighted by Gasteiger charge is -2.13. The van der Waals surface area contributed by atoms with Crippen molar-refractivity contribution in [1.82, 2.24) is 4.90 Å². The summed E-state index contributed by atoms with van der Waals surface area (Å²) in [4.78, 5) is 31.7. The summed E-state index contributed by atoms with van der Waals surface area (Å²) in [7, 11) is 0. The van der Waals surface area contributed by atoms with Crippen molar-refractivity contribution < 1.29 is 14.3 Å². The van der Waals surface area contributed by atoms with E-state index in [1.54, 1.807) is 41.3 Å². The van der Waals surface area contributed by atoms with E-state index in [2.05, 4.69) is 10.3 Å². The minimum atomic E-state index is -0.536. The summed E-state index contributed by atoms with van der Waals surface area (Å²) in [6.45, 7) is 2.36. The zero-order valence-corrected chi connectivity index (χ0v) is 19.5. The van der Waals surface area contributed by atoms with Gasteiger partial charge in [0.25, 0.3) is 0 Å². The van der Waals surface area contributed by atoms with Crippen LogP contribution in [0.2, 0.25) is 5.02 Å². The van der Waals surface area contributed by atoms with Crippen molar-refractivity contribution in [3.63, 3.8) is 0 Å². The van der Waals surface area contributed by atoms with Gasteiger partial charge in [0, 0.05) is 29.7 Å². The molecule has 1 heterocycles. The summed E-state index contributed by atoms with van der Waals surface area (Å²) in [5, 5.41) is 3.47. The highest BCUT2D eigenvalue weighted by Crippen LogP contribution is 2.32. The van der Waals surface area contributed by atoms with Crippen LogP contribution in [0.15, 0.2) is 83.9 Å². The molecule has 33 heavy (non-hydrogen) atoms. The number of para-hydroxylation sites is 1. The Kier molecular flexibility index (Phi) is 7.32. The molecular formula is C25H22ClN3O3S. The predicted octanol–water partition coefficient (Wildman–Crippen LogP) is 6.11. The van der Waals surface area contributed by atoms with Crippen LogP contribution in [0.3, 0.4) is 0 Å². The second-order valence-corrected chi connectivity index (χ2v) is 8.86. The third-order valence-electron chi connectivity index (χ3n) is 4.84. The maximum atomic E-state index is 12.8. The number of rotatable bonds is 7. The van der Waals surface area contributed by atoms with Crippen molar-refractivity contribution in [1.29, 1.82) is 0 Å². The lowest BCUT2D eigenvalue weighted by atomic mass is 10.2. The molecule has 1 unspecified atom stereocenters. The van der Waals surface area contributed by atoms with E-state index in [9.17, 15) is 9.59 Å². The highest BCUT2D eigenvalue weighted by atomic mass is 35.5. The van der Waals surface area contributed by atoms with Crippen molar-refractivity contribution in [2.45, 2.75) is 18.6 Å². The van der Waals surface area contributed by atoms with E-state index < -0.39 is 5.25 Å². The molecule has 1 N–H and O–H groups in total. The highest BCUT2D eigenvalue weighted by Gasteiger charge is 2.38. The molecule has 4 rings (SSSR count). The van der Waals surface area contributed by atoms with Crippen molar-refractivity contribution in [2.75, 3.05) is 11.9 Å². The second-order valence-electron chi connectivity index (χ2n) is 7.26. The molecule has 1 saturated heterocycles. The summed E-state index contributed by atoms with van der Waals surface area (Å²) in [5.41, 5.74) is 1.26. The molecule has 8 heteroatoms. The van der Waals surface area contributed by atoms with Gasteiger partial charge in [-0.3, -0.25) is 14.5 Å². The maximum absolute atomic E-state index is 12.8. The third-order valence-corrected chi connectivity index (χ3v) is 6.25. The van der Waals surface area contributed by atoms with Crippen LogP contribution in [0.1, 0.15) is 13.3 Å². The van der Waals surface area contributed by atoms with Gasteiger partial charge in [-0.15, -0.1) is 0 Å². The Balaban J connectivity index is 1.41. The van der Waals surface area contributed by atoms with E-state index in [0.29, 0.717) is 39.6 Å². The van der Waals surface area contributed by atoms with Crippen molar-refractivity contribution >= 4 is 51.7 Å². The number of hydrogen-bond donors (Lipinski definition) is 1. The number of halogens is 1. The average molecular weight is 480 g/mol. The molecule has 0 spiro atoms. The molecule has 0 bridgehead atoms. The van der Waals surface area contributed by atoms with E-state index in [-0.39, 0.29) is 18.2 Å². The normalized spacial score (nSPS) is 16.8. The molecule has 0 aliphatic carbocycles. The number of nitrogens with zero attached hydrogens (tertiary/aromatic N) is 2. The highest BCUT2D eigenvalue weighted by molar-refractivity contribution is 8.15. The van der Waals surface area contributed by atoms with E-state index >= 15 is 0 Å². The van der Waals surface area contributed by atoms with E-state index in [0.717, 1.165) is 0 Å². The quantitative estimate of drug-likeness (QED) is 0.443. The van der Waals surface area contributed by atoms with Crippen LogP contribution < -0.4 is 10.1 Å². The van der Waals surface area contributed by atoms with Crippen LogP contribution in [0.5, 0.6) is 11.5 Å². The zero-order chi connectivity index (χ0) is 23.2. The fourth-order valence-corrected chi connectivity index (χ4v) is 4.72. The lowest BCUT2D eigenvalue weighted by molar-refractivity contribution is -0.128. The lowest BCUT2D eigenvalue weighted by Crippen LogP contribution is -2.33. The number of amidine groups is 1. The van der Waals surface area contributed by atoms with Crippen molar-refractivity contribution in [3.05, 3.63) is 83.9 Å². The van der Waals surface area contributed by atoms with Gasteiger partial charge in [-0.05, 0) is 49.4 Å². The summed E-state index contributed by atoms with van der Waals surface area (Å²) in [6, 6.07) is 23.7. The van der Waals surface area contributed by atoms with Crippen molar-refractivity contribution in [2.24, 2.45) is 4.99 Å². The number of thioether (sulfide) groups is 1. The summed E-state index contributed by atoms with van der Waals surface area (Å²) >= 11 is 7.34. The molecule has 1 fully saturated rings. The standard InChI is InChI=1S/C25H22ClN3O3S/c1-2-29-24(31)22(33-25(29)28-18-9-6-8-17(26)14-18)16-23(30)27-19-10-7-13-21(15-19)32-20-11-4-3-5-12-20/h3-15,22H,2,16H2,1H3,(H,27,30). The summed E-state index contributed by atoms with van der Waals surface area (Å²) in [5.74, 6) is 0.941. The van der Waals surface area contributed by atoms with E-state index in [4.69, 9.17) is 16.3 Å². The molecule has 1 aliphatic heterocycles. The van der Waals surface area contributed by atoms with Gasteiger partial charge >= 0.3 is 0 Å².